The van der Waals surface area contributed by atoms with Crippen LogP contribution in [0, 0.1) is 5.92 Å². The molecule has 3 aromatic rings. The van der Waals surface area contributed by atoms with Gasteiger partial charge in [0.15, 0.2) is 0 Å². The fraction of sp³-hybridized carbons (Fsp3) is 0.130. The quantitative estimate of drug-likeness (QED) is 0.453. The molecular formula is C23H13NO2. The molecule has 3 aromatic carbocycles. The molecule has 3 heteroatoms. The molecule has 3 nitrogen and oxygen atoms in total. The van der Waals surface area contributed by atoms with E-state index in [1.165, 1.54) is 37.9 Å². The van der Waals surface area contributed by atoms with E-state index in [9.17, 15) is 9.59 Å². The van der Waals surface area contributed by atoms with E-state index >= 15 is 0 Å². The average molecular weight is 335 g/mol. The van der Waals surface area contributed by atoms with Crippen molar-refractivity contribution in [2.45, 2.75) is 5.92 Å². The highest BCUT2D eigenvalue weighted by Gasteiger charge is 2.43. The van der Waals surface area contributed by atoms with Crippen LogP contribution >= 0.6 is 0 Å². The van der Waals surface area contributed by atoms with E-state index in [2.05, 4.69) is 36.4 Å². The number of fused-ring (bicyclic) bond motifs is 3. The Balaban J connectivity index is 1.84. The van der Waals surface area contributed by atoms with E-state index < -0.39 is 0 Å². The van der Waals surface area contributed by atoms with E-state index in [4.69, 9.17) is 0 Å². The molecule has 122 valence electrons. The van der Waals surface area contributed by atoms with Crippen LogP contribution in [0.1, 0.15) is 48.9 Å². The van der Waals surface area contributed by atoms with Gasteiger partial charge >= 0.3 is 0 Å². The van der Waals surface area contributed by atoms with Gasteiger partial charge in [-0.15, -0.1) is 0 Å². The highest BCUT2D eigenvalue weighted by molar-refractivity contribution is 6.35. The van der Waals surface area contributed by atoms with Crippen molar-refractivity contribution in [1.29, 1.82) is 0 Å². The summed E-state index contributed by atoms with van der Waals surface area (Å²) in [6.07, 6.45) is 8.96. The molecule has 1 heterocycles. The van der Waals surface area contributed by atoms with Crippen LogP contribution in [0.4, 0.5) is 0 Å². The number of carbonyl (C=O) groups is 2. The minimum absolute atomic E-state index is 0.183. The molecule has 4 aliphatic rings. The van der Waals surface area contributed by atoms with Gasteiger partial charge in [0.1, 0.15) is 0 Å². The molecule has 0 spiro atoms. The van der Waals surface area contributed by atoms with Crippen molar-refractivity contribution in [3.05, 3.63) is 69.8 Å². The minimum Gasteiger partial charge on any atom is -0.277 e. The Bertz CT molecular complexity index is 1240. The van der Waals surface area contributed by atoms with Crippen LogP contribution in [0.2, 0.25) is 0 Å². The Morgan fingerprint density at radius 2 is 1.27 bits per heavy atom. The first-order valence-electron chi connectivity index (χ1n) is 8.95. The standard InChI is InChI=1S/C23H13NO2/c1-24-22(25)20-13-8-6-11-4-2-10-3-5-12-7-9-14(21(20)23(24)26)19-17(12)15(10)16(11)18(13)19/h2-10,15H,1H3. The first-order valence-corrected chi connectivity index (χ1v) is 8.95. The second-order valence-electron chi connectivity index (χ2n) is 7.67. The number of imide groups is 1. The molecule has 0 unspecified atom stereocenters. The zero-order chi connectivity index (χ0) is 17.3. The smallest absolute Gasteiger partial charge is 0.261 e. The van der Waals surface area contributed by atoms with Crippen molar-refractivity contribution >= 4 is 45.5 Å². The lowest BCUT2D eigenvalue weighted by Gasteiger charge is -2.29. The first kappa shape index (κ1) is 13.1. The molecule has 7 rings (SSSR count). The summed E-state index contributed by atoms with van der Waals surface area (Å²) in [4.78, 5) is 27.0. The number of rotatable bonds is 0. The SMILES string of the molecule is CN1C(=O)c2c(c3ccc4c5c3c3c6c(ccc23)C=CC(C=C4)C65)C1=O. The Hall–Kier alpha value is -3.20. The third kappa shape index (κ3) is 1.13. The van der Waals surface area contributed by atoms with Crippen LogP contribution in [0.3, 0.4) is 0 Å². The van der Waals surface area contributed by atoms with E-state index in [0.29, 0.717) is 23.0 Å². The van der Waals surface area contributed by atoms with E-state index in [0.717, 1.165) is 10.8 Å². The number of hydrogen-bond acceptors (Lipinski definition) is 2. The van der Waals surface area contributed by atoms with Crippen molar-refractivity contribution in [2.75, 3.05) is 7.05 Å². The van der Waals surface area contributed by atoms with E-state index in [1.807, 2.05) is 12.1 Å². The molecule has 0 fully saturated rings. The van der Waals surface area contributed by atoms with Gasteiger partial charge in [0.25, 0.3) is 11.8 Å². The maximum Gasteiger partial charge on any atom is 0.261 e. The molecular weight excluding hydrogens is 322 g/mol. The molecule has 26 heavy (non-hydrogen) atoms. The maximum absolute atomic E-state index is 12.9. The molecule has 0 saturated heterocycles. The summed E-state index contributed by atoms with van der Waals surface area (Å²) in [6, 6.07) is 8.28. The van der Waals surface area contributed by atoms with E-state index in [1.54, 1.807) is 7.05 Å². The van der Waals surface area contributed by atoms with Crippen LogP contribution in [0.5, 0.6) is 0 Å². The molecule has 0 radical (unpaired) electrons. The van der Waals surface area contributed by atoms with Gasteiger partial charge in [-0.25, -0.2) is 0 Å². The Morgan fingerprint density at radius 3 is 1.77 bits per heavy atom. The van der Waals surface area contributed by atoms with Gasteiger partial charge in [-0.1, -0.05) is 48.6 Å². The predicted octanol–water partition coefficient (Wildman–Crippen LogP) is 4.33. The minimum atomic E-state index is -0.183. The summed E-state index contributed by atoms with van der Waals surface area (Å²) in [5, 5.41) is 4.25. The van der Waals surface area contributed by atoms with Gasteiger partial charge in [0.2, 0.25) is 0 Å². The molecule has 1 aliphatic heterocycles. The van der Waals surface area contributed by atoms with Gasteiger partial charge in [0.05, 0.1) is 11.1 Å². The Labute approximate surface area is 149 Å². The van der Waals surface area contributed by atoms with Crippen molar-refractivity contribution in [3.8, 4) is 0 Å². The number of amides is 2. The van der Waals surface area contributed by atoms with Gasteiger partial charge in [-0.3, -0.25) is 14.5 Å². The summed E-state index contributed by atoms with van der Waals surface area (Å²) < 4.78 is 0. The highest BCUT2D eigenvalue weighted by Crippen LogP contribution is 2.57. The maximum atomic E-state index is 12.9. The van der Waals surface area contributed by atoms with Crippen molar-refractivity contribution in [2.24, 2.45) is 5.92 Å². The van der Waals surface area contributed by atoms with Crippen molar-refractivity contribution in [3.63, 3.8) is 0 Å². The Morgan fingerprint density at radius 1 is 0.769 bits per heavy atom. The highest BCUT2D eigenvalue weighted by atomic mass is 16.2. The lowest BCUT2D eigenvalue weighted by atomic mass is 9.74. The molecule has 0 bridgehead atoms. The van der Waals surface area contributed by atoms with Crippen LogP contribution in [-0.2, 0) is 0 Å². The van der Waals surface area contributed by atoms with Gasteiger partial charge < -0.3 is 0 Å². The summed E-state index contributed by atoms with van der Waals surface area (Å²) >= 11 is 0. The normalized spacial score (nSPS) is 23.3. The summed E-state index contributed by atoms with van der Waals surface area (Å²) in [7, 11) is 1.58. The lowest BCUT2D eigenvalue weighted by molar-refractivity contribution is 0.0694. The third-order valence-corrected chi connectivity index (χ3v) is 6.64. The number of allylic oxidation sites excluding steroid dienone is 2. The van der Waals surface area contributed by atoms with Crippen LogP contribution < -0.4 is 0 Å². The zero-order valence-electron chi connectivity index (χ0n) is 14.0. The number of hydrogen-bond donors (Lipinski definition) is 0. The van der Waals surface area contributed by atoms with E-state index in [-0.39, 0.29) is 11.8 Å². The van der Waals surface area contributed by atoms with Crippen LogP contribution in [0.25, 0.3) is 33.7 Å². The lowest BCUT2D eigenvalue weighted by Crippen LogP contribution is -2.24. The Kier molecular flexibility index (Phi) is 1.91. The second-order valence-corrected chi connectivity index (χ2v) is 7.67. The van der Waals surface area contributed by atoms with Crippen molar-refractivity contribution in [1.82, 2.24) is 4.90 Å². The van der Waals surface area contributed by atoms with Crippen LogP contribution in [-0.4, -0.2) is 23.8 Å². The van der Waals surface area contributed by atoms with Gasteiger partial charge in [0, 0.05) is 18.9 Å². The first-order chi connectivity index (χ1) is 12.7. The molecule has 0 saturated carbocycles. The van der Waals surface area contributed by atoms with Crippen molar-refractivity contribution < 1.29 is 9.59 Å². The molecule has 2 amide bonds. The topological polar surface area (TPSA) is 37.4 Å². The molecule has 0 aromatic heterocycles. The number of nitrogens with zero attached hydrogens (tertiary/aromatic N) is 1. The summed E-state index contributed by atoms with van der Waals surface area (Å²) in [6.45, 7) is 0. The predicted molar refractivity (Wildman–Crippen MR) is 101 cm³/mol. The number of benzene rings is 3. The fourth-order valence-electron chi connectivity index (χ4n) is 5.57. The molecule has 0 atom stereocenters. The van der Waals surface area contributed by atoms with Gasteiger partial charge in [-0.05, 0) is 43.8 Å². The largest absolute Gasteiger partial charge is 0.277 e. The fourth-order valence-corrected chi connectivity index (χ4v) is 5.57. The average Bonchev–Trinajstić information content (AvgIpc) is 3.14. The summed E-state index contributed by atoms with van der Waals surface area (Å²) in [5.41, 5.74) is 6.32. The third-order valence-electron chi connectivity index (χ3n) is 6.64. The second kappa shape index (κ2) is 3.80. The zero-order valence-corrected chi connectivity index (χ0v) is 14.0. The summed E-state index contributed by atoms with van der Waals surface area (Å²) in [5.74, 6) is 0.291. The number of carbonyl (C=O) groups excluding carboxylic acids is 2. The van der Waals surface area contributed by atoms with Gasteiger partial charge in [-0.2, -0.15) is 0 Å². The molecule has 0 N–H and O–H groups in total. The molecule has 3 aliphatic carbocycles. The monoisotopic (exact) mass is 335 g/mol. The van der Waals surface area contributed by atoms with Crippen LogP contribution in [0.15, 0.2) is 36.4 Å².